The molecule has 0 bridgehead atoms. The first kappa shape index (κ1) is 17.3. The quantitative estimate of drug-likeness (QED) is 0.545. The number of benzene rings is 2. The van der Waals surface area contributed by atoms with Gasteiger partial charge in [0.2, 0.25) is 0 Å². The number of hydrogen-bond donors (Lipinski definition) is 0. The third-order valence-electron chi connectivity index (χ3n) is 6.81. The summed E-state index contributed by atoms with van der Waals surface area (Å²) in [5.74, 6) is 0.880. The smallest absolute Gasteiger partial charge is 0.000648 e. The van der Waals surface area contributed by atoms with Gasteiger partial charge in [0.05, 0.1) is 0 Å². The van der Waals surface area contributed by atoms with Crippen molar-refractivity contribution < 1.29 is 0 Å². The van der Waals surface area contributed by atoms with Crippen molar-refractivity contribution in [1.29, 1.82) is 0 Å². The molecule has 25 heavy (non-hydrogen) atoms. The lowest BCUT2D eigenvalue weighted by Gasteiger charge is -2.47. The van der Waals surface area contributed by atoms with Gasteiger partial charge < -0.3 is 0 Å². The summed E-state index contributed by atoms with van der Waals surface area (Å²) in [6.07, 6.45) is 14.2. The molecular weight excluding hydrogens is 319 g/mol. The van der Waals surface area contributed by atoms with Crippen LogP contribution in [0.25, 0.3) is 11.1 Å². The van der Waals surface area contributed by atoms with Crippen molar-refractivity contribution in [2.75, 3.05) is 0 Å². The zero-order valence-corrected chi connectivity index (χ0v) is 16.5. The molecule has 2 saturated carbocycles. The highest BCUT2D eigenvalue weighted by Gasteiger charge is 2.43. The highest BCUT2D eigenvalue weighted by Crippen LogP contribution is 2.52. The predicted molar refractivity (Wildman–Crippen MR) is 113 cm³/mol. The van der Waals surface area contributed by atoms with E-state index >= 15 is 0 Å². The molecule has 0 heterocycles. The molecule has 0 saturated heterocycles. The maximum absolute atomic E-state index is 3.08. The molecule has 2 aromatic rings. The van der Waals surface area contributed by atoms with Crippen LogP contribution in [0.4, 0.5) is 0 Å². The average Bonchev–Trinajstić information content (AvgIpc) is 2.70. The van der Waals surface area contributed by atoms with Crippen LogP contribution in [0.3, 0.4) is 0 Å². The van der Waals surface area contributed by atoms with Crippen LogP contribution >= 0.6 is 9.24 Å². The second-order valence-corrected chi connectivity index (χ2v) is 8.81. The lowest BCUT2D eigenvalue weighted by atomic mass is 9.57. The van der Waals surface area contributed by atoms with Gasteiger partial charge in [0, 0.05) is 0 Å². The van der Waals surface area contributed by atoms with Crippen molar-refractivity contribution in [3.8, 4) is 11.1 Å². The molecule has 0 amide bonds. The first-order chi connectivity index (χ1) is 12.3. The van der Waals surface area contributed by atoms with Crippen LogP contribution in [0.1, 0.15) is 69.8 Å². The highest BCUT2D eigenvalue weighted by atomic mass is 31.0. The lowest BCUT2D eigenvalue weighted by Crippen LogP contribution is -2.41. The monoisotopic (exact) mass is 350 g/mol. The number of hydrogen-bond acceptors (Lipinski definition) is 0. The highest BCUT2D eigenvalue weighted by molar-refractivity contribution is 7.27. The van der Waals surface area contributed by atoms with Crippen molar-refractivity contribution in [3.63, 3.8) is 0 Å². The van der Waals surface area contributed by atoms with Crippen molar-refractivity contribution in [2.24, 2.45) is 5.92 Å². The Hall–Kier alpha value is -1.13. The van der Waals surface area contributed by atoms with Crippen molar-refractivity contribution >= 4 is 14.5 Å². The molecule has 0 aliphatic heterocycles. The van der Waals surface area contributed by atoms with E-state index < -0.39 is 0 Å². The Kier molecular flexibility index (Phi) is 5.28. The Balaban J connectivity index is 1.87. The van der Waals surface area contributed by atoms with Crippen LogP contribution < -0.4 is 5.30 Å². The van der Waals surface area contributed by atoms with Gasteiger partial charge in [-0.15, -0.1) is 9.24 Å². The Labute approximate surface area is 155 Å². The lowest BCUT2D eigenvalue weighted by molar-refractivity contribution is 0.150. The summed E-state index contributed by atoms with van der Waals surface area (Å²) < 4.78 is 0. The SMILES string of the molecule is Pc1cccc(-c2ccccc2)c1C1(C2CCCCC2)CCCCC1. The fourth-order valence-electron chi connectivity index (χ4n) is 5.68. The van der Waals surface area contributed by atoms with E-state index in [0.717, 1.165) is 5.92 Å². The van der Waals surface area contributed by atoms with Crippen molar-refractivity contribution in [2.45, 2.75) is 69.6 Å². The molecule has 1 atom stereocenters. The first-order valence-corrected chi connectivity index (χ1v) is 10.8. The summed E-state index contributed by atoms with van der Waals surface area (Å²) in [6, 6.07) is 18.0. The van der Waals surface area contributed by atoms with Gasteiger partial charge in [-0.25, -0.2) is 0 Å². The van der Waals surface area contributed by atoms with E-state index in [9.17, 15) is 0 Å². The van der Waals surface area contributed by atoms with Gasteiger partial charge in [0.25, 0.3) is 0 Å². The minimum atomic E-state index is 0.405. The van der Waals surface area contributed by atoms with Crippen LogP contribution in [-0.2, 0) is 5.41 Å². The van der Waals surface area contributed by atoms with Crippen LogP contribution in [0.2, 0.25) is 0 Å². The van der Waals surface area contributed by atoms with Gasteiger partial charge in [-0.2, -0.15) is 0 Å². The molecule has 0 radical (unpaired) electrons. The van der Waals surface area contributed by atoms with Gasteiger partial charge in [-0.3, -0.25) is 0 Å². The van der Waals surface area contributed by atoms with Gasteiger partial charge in [-0.1, -0.05) is 87.1 Å². The third-order valence-corrected chi connectivity index (χ3v) is 7.29. The molecule has 1 unspecified atom stereocenters. The summed E-state index contributed by atoms with van der Waals surface area (Å²) in [4.78, 5) is 0. The van der Waals surface area contributed by atoms with Gasteiger partial charge in [0.15, 0.2) is 0 Å². The normalized spacial score (nSPS) is 21.2. The molecule has 0 nitrogen and oxygen atoms in total. The van der Waals surface area contributed by atoms with Crippen molar-refractivity contribution in [3.05, 3.63) is 54.1 Å². The molecular formula is C24H31P. The maximum Gasteiger partial charge on any atom is -0.000648 e. The van der Waals surface area contributed by atoms with E-state index in [4.69, 9.17) is 0 Å². The Morgan fingerprint density at radius 1 is 0.720 bits per heavy atom. The zero-order valence-electron chi connectivity index (χ0n) is 15.3. The third kappa shape index (κ3) is 3.31. The summed E-state index contributed by atoms with van der Waals surface area (Å²) in [6.45, 7) is 0. The maximum atomic E-state index is 3.08. The molecule has 0 aromatic heterocycles. The molecule has 0 spiro atoms. The standard InChI is InChI=1S/C24H31P/c25-22-16-10-15-21(19-11-4-1-5-12-19)23(22)24(17-8-3-9-18-24)20-13-6-2-7-14-20/h1,4-5,10-12,15-16,20H,2-3,6-9,13-14,17-18,25H2. The molecule has 132 valence electrons. The van der Waals surface area contributed by atoms with E-state index in [1.165, 1.54) is 80.6 Å². The predicted octanol–water partition coefficient (Wildman–Crippen LogP) is 6.64. The molecule has 2 aliphatic rings. The molecule has 2 aromatic carbocycles. The summed E-state index contributed by atoms with van der Waals surface area (Å²) in [5.41, 5.74) is 4.95. The fourth-order valence-corrected chi connectivity index (χ4v) is 6.24. The molecule has 0 N–H and O–H groups in total. The van der Waals surface area contributed by atoms with E-state index in [1.807, 2.05) is 0 Å². The van der Waals surface area contributed by atoms with E-state index in [-0.39, 0.29) is 0 Å². The van der Waals surface area contributed by atoms with E-state index in [0.29, 0.717) is 5.41 Å². The molecule has 1 heteroatoms. The molecule has 4 rings (SSSR count). The van der Waals surface area contributed by atoms with Crippen LogP contribution in [-0.4, -0.2) is 0 Å². The topological polar surface area (TPSA) is 0 Å². The summed E-state index contributed by atoms with van der Waals surface area (Å²) in [5, 5.41) is 1.44. The van der Waals surface area contributed by atoms with Crippen LogP contribution in [0.15, 0.2) is 48.5 Å². The molecule has 2 fully saturated rings. The molecule has 2 aliphatic carbocycles. The second-order valence-electron chi connectivity index (χ2n) is 8.19. The average molecular weight is 350 g/mol. The first-order valence-electron chi connectivity index (χ1n) is 10.3. The minimum Gasteiger partial charge on any atom is -0.105 e. The minimum absolute atomic E-state index is 0.405. The fraction of sp³-hybridized carbons (Fsp3) is 0.500. The van der Waals surface area contributed by atoms with Crippen LogP contribution in [0.5, 0.6) is 0 Å². The zero-order chi connectivity index (χ0) is 17.1. The largest absolute Gasteiger partial charge is 0.105 e. The van der Waals surface area contributed by atoms with Gasteiger partial charge in [0.1, 0.15) is 0 Å². The summed E-state index contributed by atoms with van der Waals surface area (Å²) >= 11 is 0. The van der Waals surface area contributed by atoms with Crippen molar-refractivity contribution in [1.82, 2.24) is 0 Å². The summed E-state index contributed by atoms with van der Waals surface area (Å²) in [7, 11) is 3.08. The van der Waals surface area contributed by atoms with Gasteiger partial charge >= 0.3 is 0 Å². The van der Waals surface area contributed by atoms with E-state index in [2.05, 4.69) is 57.8 Å². The Bertz CT molecular complexity index is 691. The van der Waals surface area contributed by atoms with E-state index in [1.54, 1.807) is 5.56 Å². The second kappa shape index (κ2) is 7.63. The number of rotatable bonds is 3. The van der Waals surface area contributed by atoms with Gasteiger partial charge in [-0.05, 0) is 59.0 Å². The Morgan fingerprint density at radius 2 is 1.40 bits per heavy atom. The van der Waals surface area contributed by atoms with Crippen LogP contribution in [0, 0.1) is 5.92 Å². The Morgan fingerprint density at radius 3 is 2.12 bits per heavy atom.